The first-order valence-corrected chi connectivity index (χ1v) is 9.14. The molecule has 0 spiro atoms. The number of amides is 1. The topological polar surface area (TPSA) is 75.3 Å². The summed E-state index contributed by atoms with van der Waals surface area (Å²) >= 11 is 0. The van der Waals surface area contributed by atoms with Crippen LogP contribution in [0, 0.1) is 19.8 Å². The van der Waals surface area contributed by atoms with Gasteiger partial charge in [-0.3, -0.25) is 4.79 Å². The normalized spacial score (nSPS) is 11.7. The van der Waals surface area contributed by atoms with Crippen molar-refractivity contribution in [2.45, 2.75) is 45.4 Å². The lowest BCUT2D eigenvalue weighted by molar-refractivity contribution is -0.125. The van der Waals surface area contributed by atoms with Gasteiger partial charge in [-0.1, -0.05) is 26.0 Å². The van der Waals surface area contributed by atoms with Crippen LogP contribution < -0.4 is 10.0 Å². The summed E-state index contributed by atoms with van der Waals surface area (Å²) in [6.45, 7) is 8.03. The molecule has 0 saturated carbocycles. The predicted molar refractivity (Wildman–Crippen MR) is 88.2 cm³/mol. The maximum atomic E-state index is 12.3. The molecule has 0 fully saturated rings. The molecule has 0 atom stereocenters. The lowest BCUT2D eigenvalue weighted by atomic mass is 10.0. The van der Waals surface area contributed by atoms with E-state index in [9.17, 15) is 13.2 Å². The van der Waals surface area contributed by atoms with Crippen LogP contribution >= 0.6 is 0 Å². The number of rotatable bonds is 8. The average molecular weight is 326 g/mol. The summed E-state index contributed by atoms with van der Waals surface area (Å²) in [5.74, 6) is -0.0217. The molecule has 0 aliphatic rings. The van der Waals surface area contributed by atoms with Gasteiger partial charge in [0.1, 0.15) is 0 Å². The molecule has 124 valence electrons. The zero-order valence-corrected chi connectivity index (χ0v) is 14.6. The molecule has 22 heavy (non-hydrogen) atoms. The molecule has 0 unspecified atom stereocenters. The molecule has 0 aliphatic heterocycles. The van der Waals surface area contributed by atoms with Gasteiger partial charge in [0, 0.05) is 19.0 Å². The van der Waals surface area contributed by atoms with Crippen LogP contribution in [0.4, 0.5) is 0 Å². The van der Waals surface area contributed by atoms with Crippen molar-refractivity contribution < 1.29 is 13.2 Å². The summed E-state index contributed by atoms with van der Waals surface area (Å²) in [5.41, 5.74) is 1.60. The van der Waals surface area contributed by atoms with E-state index < -0.39 is 10.0 Å². The molecule has 0 aromatic heterocycles. The Morgan fingerprint density at radius 2 is 1.77 bits per heavy atom. The monoisotopic (exact) mass is 326 g/mol. The van der Waals surface area contributed by atoms with Gasteiger partial charge in [-0.2, -0.15) is 0 Å². The van der Waals surface area contributed by atoms with Crippen molar-refractivity contribution >= 4 is 15.9 Å². The number of sulfonamides is 1. The molecule has 1 aromatic rings. The molecule has 1 aromatic carbocycles. The molecule has 0 radical (unpaired) electrons. The van der Waals surface area contributed by atoms with Gasteiger partial charge in [0.05, 0.1) is 4.90 Å². The first-order valence-electron chi connectivity index (χ1n) is 7.66. The Bertz CT molecular complexity index is 608. The molecule has 0 heterocycles. The Morgan fingerprint density at radius 1 is 1.14 bits per heavy atom. The van der Waals surface area contributed by atoms with E-state index in [1.807, 2.05) is 26.8 Å². The van der Waals surface area contributed by atoms with Crippen molar-refractivity contribution in [3.63, 3.8) is 0 Å². The number of benzene rings is 1. The van der Waals surface area contributed by atoms with E-state index in [0.717, 1.165) is 18.4 Å². The van der Waals surface area contributed by atoms with Gasteiger partial charge >= 0.3 is 0 Å². The molecule has 1 rings (SSSR count). The Balaban J connectivity index is 2.57. The third kappa shape index (κ3) is 5.10. The second kappa shape index (κ2) is 8.29. The summed E-state index contributed by atoms with van der Waals surface area (Å²) < 4.78 is 27.1. The molecule has 0 saturated heterocycles. The van der Waals surface area contributed by atoms with E-state index in [4.69, 9.17) is 0 Å². The number of hydrogen-bond donors (Lipinski definition) is 2. The highest BCUT2D eigenvalue weighted by molar-refractivity contribution is 7.89. The minimum atomic E-state index is -3.54. The lowest BCUT2D eigenvalue weighted by Crippen LogP contribution is -2.37. The smallest absolute Gasteiger partial charge is 0.240 e. The summed E-state index contributed by atoms with van der Waals surface area (Å²) in [6, 6.07) is 5.32. The maximum Gasteiger partial charge on any atom is 0.240 e. The Kier molecular flexibility index (Phi) is 7.03. The lowest BCUT2D eigenvalue weighted by Gasteiger charge is -2.14. The second-order valence-corrected chi connectivity index (χ2v) is 7.21. The summed E-state index contributed by atoms with van der Waals surface area (Å²) in [6.07, 6.45) is 1.58. The van der Waals surface area contributed by atoms with E-state index in [1.165, 1.54) is 0 Å². The molecular weight excluding hydrogens is 300 g/mol. The quantitative estimate of drug-likeness (QED) is 0.719. The molecular formula is C16H26N2O3S. The van der Waals surface area contributed by atoms with E-state index in [2.05, 4.69) is 10.0 Å². The standard InChI is InChI=1S/C16H26N2O3S/c1-5-14(6-2)16(19)17-9-10-18-22(20,21)15-11-12(3)7-8-13(15)4/h7-8,11,14,18H,5-6,9-10H2,1-4H3,(H,17,19). The molecule has 0 aliphatic carbocycles. The van der Waals surface area contributed by atoms with Crippen molar-refractivity contribution in [3.8, 4) is 0 Å². The molecule has 0 bridgehead atoms. The van der Waals surface area contributed by atoms with Crippen LogP contribution in [0.25, 0.3) is 0 Å². The highest BCUT2D eigenvalue weighted by Crippen LogP contribution is 2.16. The van der Waals surface area contributed by atoms with Crippen LogP contribution in [0.2, 0.25) is 0 Å². The number of aryl methyl sites for hydroxylation is 2. The fraction of sp³-hybridized carbons (Fsp3) is 0.562. The van der Waals surface area contributed by atoms with Gasteiger partial charge in [0.2, 0.25) is 15.9 Å². The zero-order chi connectivity index (χ0) is 16.8. The molecule has 1 amide bonds. The first kappa shape index (κ1) is 18.6. The fourth-order valence-electron chi connectivity index (χ4n) is 2.25. The van der Waals surface area contributed by atoms with Crippen molar-refractivity contribution in [1.82, 2.24) is 10.0 Å². The van der Waals surface area contributed by atoms with Crippen molar-refractivity contribution in [2.24, 2.45) is 5.92 Å². The first-order chi connectivity index (χ1) is 10.3. The molecule has 2 N–H and O–H groups in total. The van der Waals surface area contributed by atoms with Crippen molar-refractivity contribution in [3.05, 3.63) is 29.3 Å². The van der Waals surface area contributed by atoms with Crippen LogP contribution in [0.1, 0.15) is 37.8 Å². The van der Waals surface area contributed by atoms with Crippen LogP contribution in [-0.4, -0.2) is 27.4 Å². The van der Waals surface area contributed by atoms with Crippen LogP contribution in [0.3, 0.4) is 0 Å². The Hall–Kier alpha value is -1.40. The van der Waals surface area contributed by atoms with E-state index in [-0.39, 0.29) is 18.4 Å². The summed E-state index contributed by atoms with van der Waals surface area (Å²) in [5, 5.41) is 2.77. The Morgan fingerprint density at radius 3 is 2.36 bits per heavy atom. The number of hydrogen-bond acceptors (Lipinski definition) is 3. The summed E-state index contributed by atoms with van der Waals surface area (Å²) in [7, 11) is -3.54. The van der Waals surface area contributed by atoms with Crippen LogP contribution in [0.5, 0.6) is 0 Å². The SMILES string of the molecule is CCC(CC)C(=O)NCCNS(=O)(=O)c1cc(C)ccc1C. The minimum Gasteiger partial charge on any atom is -0.355 e. The minimum absolute atomic E-state index is 0.00405. The highest BCUT2D eigenvalue weighted by Gasteiger charge is 2.17. The van der Waals surface area contributed by atoms with E-state index in [0.29, 0.717) is 17.0 Å². The number of nitrogens with one attached hydrogen (secondary N) is 2. The third-order valence-electron chi connectivity index (χ3n) is 3.71. The van der Waals surface area contributed by atoms with Crippen molar-refractivity contribution in [1.29, 1.82) is 0 Å². The van der Waals surface area contributed by atoms with Crippen LogP contribution in [0.15, 0.2) is 23.1 Å². The predicted octanol–water partition coefficient (Wildman–Crippen LogP) is 2.13. The second-order valence-electron chi connectivity index (χ2n) is 5.47. The third-order valence-corrected chi connectivity index (χ3v) is 5.31. The van der Waals surface area contributed by atoms with Gasteiger partial charge in [0.25, 0.3) is 0 Å². The van der Waals surface area contributed by atoms with Gasteiger partial charge in [-0.15, -0.1) is 0 Å². The number of carbonyl (C=O) groups is 1. The number of carbonyl (C=O) groups excluding carboxylic acids is 1. The largest absolute Gasteiger partial charge is 0.355 e. The van der Waals surface area contributed by atoms with Gasteiger partial charge in [-0.05, 0) is 43.9 Å². The van der Waals surface area contributed by atoms with Crippen LogP contribution in [-0.2, 0) is 14.8 Å². The highest BCUT2D eigenvalue weighted by atomic mass is 32.2. The van der Waals surface area contributed by atoms with E-state index >= 15 is 0 Å². The van der Waals surface area contributed by atoms with E-state index in [1.54, 1.807) is 19.1 Å². The fourth-order valence-corrected chi connectivity index (χ4v) is 3.61. The zero-order valence-electron chi connectivity index (χ0n) is 13.8. The maximum absolute atomic E-state index is 12.3. The van der Waals surface area contributed by atoms with Gasteiger partial charge < -0.3 is 5.32 Å². The van der Waals surface area contributed by atoms with Gasteiger partial charge in [0.15, 0.2) is 0 Å². The van der Waals surface area contributed by atoms with Gasteiger partial charge in [-0.25, -0.2) is 13.1 Å². The van der Waals surface area contributed by atoms with Crippen molar-refractivity contribution in [2.75, 3.05) is 13.1 Å². The molecule has 6 heteroatoms. The summed E-state index contributed by atoms with van der Waals surface area (Å²) in [4.78, 5) is 12.1. The average Bonchev–Trinajstić information content (AvgIpc) is 2.47. The molecule has 5 nitrogen and oxygen atoms in total. The Labute approximate surface area is 133 Å².